The molecule has 1 aliphatic rings. The minimum Gasteiger partial charge on any atom is -0.439 e. The van der Waals surface area contributed by atoms with Crippen LogP contribution in [0.5, 0.6) is 0 Å². The molecular formula is C26H14ClN5O6. The Balaban J connectivity index is 1.61. The van der Waals surface area contributed by atoms with E-state index in [1.54, 1.807) is 24.3 Å². The molecule has 11 nitrogen and oxygen atoms in total. The Kier molecular flexibility index (Phi) is 5.35. The summed E-state index contributed by atoms with van der Waals surface area (Å²) >= 11 is 5.95. The number of rotatable bonds is 3. The normalized spacial score (nSPS) is 17.2. The van der Waals surface area contributed by atoms with E-state index >= 15 is 0 Å². The zero-order valence-corrected chi connectivity index (χ0v) is 19.9. The van der Waals surface area contributed by atoms with Crippen molar-refractivity contribution in [3.63, 3.8) is 0 Å². The van der Waals surface area contributed by atoms with Gasteiger partial charge >= 0.3 is 5.91 Å². The number of nitrogens with one attached hydrogen (secondary N) is 2. The van der Waals surface area contributed by atoms with E-state index < -0.39 is 40.3 Å². The molecule has 1 saturated heterocycles. The number of aliphatic imine (C=N–C) groups is 1. The van der Waals surface area contributed by atoms with Gasteiger partial charge in [-0.25, -0.2) is 14.9 Å². The lowest BCUT2D eigenvalue weighted by Gasteiger charge is -2.28. The molecule has 0 unspecified atom stereocenters. The Morgan fingerprint density at radius 1 is 0.842 bits per heavy atom. The van der Waals surface area contributed by atoms with Crippen molar-refractivity contribution in [2.75, 3.05) is 4.90 Å². The Morgan fingerprint density at radius 3 is 2.34 bits per heavy atom. The molecule has 1 fully saturated rings. The lowest BCUT2D eigenvalue weighted by molar-refractivity contribution is -0.139. The van der Waals surface area contributed by atoms with Crippen LogP contribution in [0.15, 0.2) is 85.7 Å². The minimum atomic E-state index is -1.60. The van der Waals surface area contributed by atoms with Crippen molar-refractivity contribution in [2.45, 2.75) is 5.92 Å². The maximum Gasteiger partial charge on any atom is 0.302 e. The molecule has 5 aromatic rings. The Morgan fingerprint density at radius 2 is 1.58 bits per heavy atom. The molecule has 1 atom stereocenters. The third-order valence-corrected chi connectivity index (χ3v) is 6.31. The molecule has 1 aliphatic heterocycles. The molecule has 2 amide bonds. The van der Waals surface area contributed by atoms with E-state index in [4.69, 9.17) is 16.0 Å². The number of hydrogen-bond acceptors (Lipinski definition) is 8. The van der Waals surface area contributed by atoms with Crippen molar-refractivity contribution in [3.8, 4) is 0 Å². The fraction of sp³-hybridized carbons (Fsp3) is 0.0385. The molecule has 6 rings (SSSR count). The highest BCUT2D eigenvalue weighted by Gasteiger charge is 2.49. The molecule has 0 saturated carbocycles. The molecule has 38 heavy (non-hydrogen) atoms. The number of aromatic amines is 2. The van der Waals surface area contributed by atoms with Crippen molar-refractivity contribution in [3.05, 3.63) is 98.4 Å². The second kappa shape index (κ2) is 8.75. The highest BCUT2D eigenvalue weighted by Crippen LogP contribution is 2.33. The van der Waals surface area contributed by atoms with Gasteiger partial charge in [0, 0.05) is 5.02 Å². The van der Waals surface area contributed by atoms with Crippen molar-refractivity contribution >= 4 is 68.2 Å². The van der Waals surface area contributed by atoms with Crippen LogP contribution in [0.4, 0.5) is 11.4 Å². The topological polar surface area (TPSA) is 159 Å². The Labute approximate surface area is 216 Å². The van der Waals surface area contributed by atoms with Gasteiger partial charge in [0.25, 0.3) is 17.0 Å². The van der Waals surface area contributed by atoms with E-state index in [-0.39, 0.29) is 28.0 Å². The number of amides is 2. The van der Waals surface area contributed by atoms with Crippen molar-refractivity contribution < 1.29 is 18.8 Å². The van der Waals surface area contributed by atoms with Crippen molar-refractivity contribution in [2.24, 2.45) is 4.99 Å². The van der Waals surface area contributed by atoms with Gasteiger partial charge in [-0.2, -0.15) is 0 Å². The van der Waals surface area contributed by atoms with Gasteiger partial charge in [0.1, 0.15) is 11.2 Å². The highest BCUT2D eigenvalue weighted by molar-refractivity contribution is 6.67. The molecule has 186 valence electrons. The molecule has 2 N–H and O–H groups in total. The smallest absolute Gasteiger partial charge is 0.302 e. The minimum absolute atomic E-state index is 0.0224. The van der Waals surface area contributed by atoms with Gasteiger partial charge in [-0.05, 0) is 48.5 Å². The standard InChI is InChI=1S/C26H14ClN5O6/c27-12-8-10-13(11-9-12)32-25(36)20(28-16-6-3-4-14-18(16)23(35)31-30-22(14)34)19(21(33)26(32)37)24-29-15-5-1-2-7-17(15)38-24/h1-11,19H,(H,30,34)(H,31,35)/t19-/m0/s1. The monoisotopic (exact) mass is 527 g/mol. The van der Waals surface area contributed by atoms with Crippen molar-refractivity contribution in [1.82, 2.24) is 15.2 Å². The number of piperidine rings is 1. The number of benzene rings is 3. The zero-order valence-electron chi connectivity index (χ0n) is 19.1. The molecule has 0 bridgehead atoms. The van der Waals surface area contributed by atoms with Crippen LogP contribution in [0.2, 0.25) is 5.02 Å². The van der Waals surface area contributed by atoms with E-state index in [9.17, 15) is 24.0 Å². The van der Waals surface area contributed by atoms with Gasteiger partial charge in [0.2, 0.25) is 11.7 Å². The lowest BCUT2D eigenvalue weighted by Crippen LogP contribution is -2.54. The van der Waals surface area contributed by atoms with Crippen LogP contribution in [-0.2, 0) is 14.4 Å². The van der Waals surface area contributed by atoms with Gasteiger partial charge in [-0.3, -0.25) is 34.2 Å². The maximum atomic E-state index is 13.8. The number of ketones is 1. The first kappa shape index (κ1) is 23.3. The number of imide groups is 1. The van der Waals surface area contributed by atoms with Crippen LogP contribution in [0.1, 0.15) is 11.8 Å². The number of carbonyl (C=O) groups excluding carboxylic acids is 3. The molecule has 3 aromatic carbocycles. The SMILES string of the molecule is O=C1C(=O)N(c2ccc(Cl)cc2)C(=O)C(=Nc2cccc3c(=O)[nH][nH]c(=O)c23)[C@@H]1c1nc2ccccc2o1. The molecule has 0 radical (unpaired) electrons. The highest BCUT2D eigenvalue weighted by atomic mass is 35.5. The quantitative estimate of drug-likeness (QED) is 0.269. The number of H-pyrrole nitrogens is 2. The average Bonchev–Trinajstić information content (AvgIpc) is 3.34. The summed E-state index contributed by atoms with van der Waals surface area (Å²) in [5.74, 6) is -4.86. The summed E-state index contributed by atoms with van der Waals surface area (Å²) in [6.07, 6.45) is 0. The van der Waals surface area contributed by atoms with Gasteiger partial charge < -0.3 is 4.42 Å². The fourth-order valence-corrected chi connectivity index (χ4v) is 4.43. The van der Waals surface area contributed by atoms with E-state index in [1.165, 1.54) is 42.5 Å². The first-order valence-corrected chi connectivity index (χ1v) is 11.6. The van der Waals surface area contributed by atoms with E-state index in [0.717, 1.165) is 0 Å². The Hall–Kier alpha value is -5.16. The summed E-state index contributed by atoms with van der Waals surface area (Å²) in [4.78, 5) is 74.9. The Bertz CT molecular complexity index is 1920. The first-order valence-electron chi connectivity index (χ1n) is 11.2. The lowest BCUT2D eigenvalue weighted by atomic mass is 9.91. The molecule has 3 heterocycles. The van der Waals surface area contributed by atoms with Crippen LogP contribution in [0.25, 0.3) is 21.9 Å². The predicted octanol–water partition coefficient (Wildman–Crippen LogP) is 3.01. The molecule has 0 spiro atoms. The van der Waals surface area contributed by atoms with Crippen LogP contribution in [0, 0.1) is 0 Å². The molecular weight excluding hydrogens is 514 g/mol. The number of fused-ring (bicyclic) bond motifs is 2. The summed E-state index contributed by atoms with van der Waals surface area (Å²) < 4.78 is 5.75. The third kappa shape index (κ3) is 3.64. The summed E-state index contributed by atoms with van der Waals surface area (Å²) in [6, 6.07) is 16.7. The van der Waals surface area contributed by atoms with E-state index in [1.807, 2.05) is 0 Å². The number of hydrogen-bond donors (Lipinski definition) is 2. The summed E-state index contributed by atoms with van der Waals surface area (Å²) in [7, 11) is 0. The summed E-state index contributed by atoms with van der Waals surface area (Å²) in [5.41, 5.74) is -0.889. The zero-order chi connectivity index (χ0) is 26.6. The van der Waals surface area contributed by atoms with E-state index in [0.29, 0.717) is 21.0 Å². The summed E-state index contributed by atoms with van der Waals surface area (Å²) in [6.45, 7) is 0. The number of nitrogens with zero attached hydrogens (tertiary/aromatic N) is 3. The number of halogens is 1. The number of aromatic nitrogens is 3. The molecule has 12 heteroatoms. The molecule has 0 aliphatic carbocycles. The number of para-hydroxylation sites is 2. The van der Waals surface area contributed by atoms with Crippen LogP contribution < -0.4 is 16.0 Å². The van der Waals surface area contributed by atoms with Crippen LogP contribution in [-0.4, -0.2) is 38.5 Å². The van der Waals surface area contributed by atoms with Gasteiger partial charge in [-0.15, -0.1) is 0 Å². The maximum absolute atomic E-state index is 13.8. The summed E-state index contributed by atoms with van der Waals surface area (Å²) in [5, 5.41) is 4.73. The van der Waals surface area contributed by atoms with Crippen LogP contribution >= 0.6 is 11.6 Å². The molecule has 2 aromatic heterocycles. The van der Waals surface area contributed by atoms with Crippen molar-refractivity contribution in [1.29, 1.82) is 0 Å². The van der Waals surface area contributed by atoms with Gasteiger partial charge in [-0.1, -0.05) is 29.8 Å². The fourth-order valence-electron chi connectivity index (χ4n) is 4.30. The average molecular weight is 528 g/mol. The number of anilines is 1. The van der Waals surface area contributed by atoms with Crippen LogP contribution in [0.3, 0.4) is 0 Å². The first-order chi connectivity index (χ1) is 18.3. The second-order valence-corrected chi connectivity index (χ2v) is 8.78. The second-order valence-electron chi connectivity index (χ2n) is 8.34. The third-order valence-electron chi connectivity index (χ3n) is 6.06. The number of Topliss-reactive ketones (excluding diaryl/α,β-unsaturated/α-hetero) is 1. The largest absolute Gasteiger partial charge is 0.439 e. The number of oxazole rings is 1. The van der Waals surface area contributed by atoms with Gasteiger partial charge in [0.05, 0.1) is 22.1 Å². The van der Waals surface area contributed by atoms with E-state index in [2.05, 4.69) is 20.2 Å². The predicted molar refractivity (Wildman–Crippen MR) is 138 cm³/mol. The van der Waals surface area contributed by atoms with Gasteiger partial charge in [0.15, 0.2) is 11.5 Å². The number of carbonyl (C=O) groups is 3.